The van der Waals surface area contributed by atoms with Gasteiger partial charge in [0.2, 0.25) is 0 Å². The Morgan fingerprint density at radius 1 is 1.50 bits per heavy atom. The predicted octanol–water partition coefficient (Wildman–Crippen LogP) is 0.470. The quantitative estimate of drug-likeness (QED) is 0.520. The second-order valence-electron chi connectivity index (χ2n) is 2.67. The van der Waals surface area contributed by atoms with Crippen LogP contribution in [0.2, 0.25) is 0 Å². The molecule has 0 bridgehead atoms. The first kappa shape index (κ1) is 7.51. The van der Waals surface area contributed by atoms with E-state index in [9.17, 15) is 5.11 Å². The molecule has 1 aliphatic carbocycles. The van der Waals surface area contributed by atoms with Crippen LogP contribution < -0.4 is 0 Å². The summed E-state index contributed by atoms with van der Waals surface area (Å²) < 4.78 is 0. The molecule has 2 nitrogen and oxygen atoms in total. The summed E-state index contributed by atoms with van der Waals surface area (Å²) in [4.78, 5) is 0. The Bertz CT molecular complexity index is 163. The highest BCUT2D eigenvalue weighted by Gasteiger charge is 2.32. The minimum Gasteiger partial charge on any atom is -0.389 e. The van der Waals surface area contributed by atoms with Gasteiger partial charge in [-0.1, -0.05) is 12.7 Å². The lowest BCUT2D eigenvalue weighted by Crippen LogP contribution is -2.12. The first-order valence-electron chi connectivity index (χ1n) is 3.34. The van der Waals surface area contributed by atoms with E-state index in [1.807, 2.05) is 0 Å². The fourth-order valence-electron chi connectivity index (χ4n) is 1.24. The number of aliphatic hydroxyl groups is 2. The molecule has 0 saturated heterocycles. The average Bonchev–Trinajstić information content (AvgIpc) is 2.17. The van der Waals surface area contributed by atoms with E-state index in [0.29, 0.717) is 12.0 Å². The highest BCUT2D eigenvalue weighted by molar-refractivity contribution is 5.19. The van der Waals surface area contributed by atoms with Gasteiger partial charge in [-0.05, 0) is 12.0 Å². The molecule has 0 amide bonds. The molecule has 0 spiro atoms. The van der Waals surface area contributed by atoms with Crippen molar-refractivity contribution in [3.05, 3.63) is 24.8 Å². The Kier molecular flexibility index (Phi) is 1.92. The van der Waals surface area contributed by atoms with E-state index in [0.717, 1.165) is 0 Å². The largest absolute Gasteiger partial charge is 0.389 e. The lowest BCUT2D eigenvalue weighted by atomic mass is 10.1. The first-order chi connectivity index (χ1) is 4.66. The van der Waals surface area contributed by atoms with E-state index in [-0.39, 0.29) is 5.92 Å². The molecule has 1 saturated carbocycles. The molecule has 0 aliphatic heterocycles. The van der Waals surface area contributed by atoms with Crippen molar-refractivity contribution in [2.24, 2.45) is 5.92 Å². The molecular formula is C8H12O2. The molecule has 0 radical (unpaired) electrons. The normalized spacial score (nSPS) is 40.2. The molecule has 0 aromatic rings. The summed E-state index contributed by atoms with van der Waals surface area (Å²) in [5, 5.41) is 18.5. The predicted molar refractivity (Wildman–Crippen MR) is 39.5 cm³/mol. The van der Waals surface area contributed by atoms with Gasteiger partial charge in [-0.2, -0.15) is 0 Å². The number of aliphatic hydroxyl groups excluding tert-OH is 2. The van der Waals surface area contributed by atoms with E-state index < -0.39 is 12.2 Å². The summed E-state index contributed by atoms with van der Waals surface area (Å²) in [5.41, 5.74) is 0.518. The fraction of sp³-hybridized carbons (Fsp3) is 0.500. The summed E-state index contributed by atoms with van der Waals surface area (Å²) in [6, 6.07) is 0. The maximum atomic E-state index is 9.30. The topological polar surface area (TPSA) is 40.5 Å². The second-order valence-corrected chi connectivity index (χ2v) is 2.67. The van der Waals surface area contributed by atoms with Crippen molar-refractivity contribution in [1.29, 1.82) is 0 Å². The summed E-state index contributed by atoms with van der Waals surface area (Å²) in [6.45, 7) is 7.12. The van der Waals surface area contributed by atoms with Crippen molar-refractivity contribution in [3.8, 4) is 0 Å². The Morgan fingerprint density at radius 2 is 2.10 bits per heavy atom. The van der Waals surface area contributed by atoms with Gasteiger partial charge in [0.15, 0.2) is 0 Å². The zero-order chi connectivity index (χ0) is 7.72. The zero-order valence-corrected chi connectivity index (χ0v) is 5.83. The van der Waals surface area contributed by atoms with Crippen LogP contribution in [0.25, 0.3) is 0 Å². The van der Waals surface area contributed by atoms with Gasteiger partial charge >= 0.3 is 0 Å². The third-order valence-corrected chi connectivity index (χ3v) is 2.01. The first-order valence-corrected chi connectivity index (χ1v) is 3.34. The number of rotatable bonds is 1. The van der Waals surface area contributed by atoms with Crippen LogP contribution in [-0.4, -0.2) is 22.4 Å². The van der Waals surface area contributed by atoms with Gasteiger partial charge in [0.1, 0.15) is 0 Å². The molecule has 0 aromatic carbocycles. The van der Waals surface area contributed by atoms with Crippen molar-refractivity contribution < 1.29 is 10.2 Å². The zero-order valence-electron chi connectivity index (χ0n) is 5.83. The van der Waals surface area contributed by atoms with Crippen molar-refractivity contribution in [2.45, 2.75) is 18.6 Å². The van der Waals surface area contributed by atoms with Crippen molar-refractivity contribution in [3.63, 3.8) is 0 Å². The summed E-state index contributed by atoms with van der Waals surface area (Å²) in [6.07, 6.45) is 1.08. The lowest BCUT2D eigenvalue weighted by Gasteiger charge is -2.07. The van der Waals surface area contributed by atoms with E-state index in [4.69, 9.17) is 5.11 Å². The maximum absolute atomic E-state index is 9.30. The van der Waals surface area contributed by atoms with Gasteiger partial charge in [0.25, 0.3) is 0 Å². The van der Waals surface area contributed by atoms with Crippen LogP contribution in [0.1, 0.15) is 6.42 Å². The van der Waals surface area contributed by atoms with E-state index in [1.54, 1.807) is 6.08 Å². The molecule has 2 heteroatoms. The standard InChI is InChI=1S/C8H12O2/c1-3-6-4-7(9)5(2)8(6)10/h3,6-10H,1-2,4H2. The Labute approximate surface area is 60.5 Å². The van der Waals surface area contributed by atoms with Gasteiger partial charge in [0, 0.05) is 5.92 Å². The van der Waals surface area contributed by atoms with Gasteiger partial charge in [0.05, 0.1) is 12.2 Å². The Hall–Kier alpha value is -0.600. The van der Waals surface area contributed by atoms with Crippen LogP contribution in [0.5, 0.6) is 0 Å². The van der Waals surface area contributed by atoms with Crippen LogP contribution in [0, 0.1) is 5.92 Å². The average molecular weight is 140 g/mol. The van der Waals surface area contributed by atoms with Crippen LogP contribution in [0.4, 0.5) is 0 Å². The van der Waals surface area contributed by atoms with Crippen molar-refractivity contribution in [2.75, 3.05) is 0 Å². The Morgan fingerprint density at radius 3 is 2.30 bits per heavy atom. The molecule has 3 atom stereocenters. The van der Waals surface area contributed by atoms with Crippen LogP contribution in [0.3, 0.4) is 0 Å². The highest BCUT2D eigenvalue weighted by atomic mass is 16.3. The molecule has 56 valence electrons. The van der Waals surface area contributed by atoms with Crippen molar-refractivity contribution >= 4 is 0 Å². The van der Waals surface area contributed by atoms with Crippen LogP contribution >= 0.6 is 0 Å². The molecule has 3 unspecified atom stereocenters. The summed E-state index contributed by atoms with van der Waals surface area (Å²) in [7, 11) is 0. The third-order valence-electron chi connectivity index (χ3n) is 2.01. The SMILES string of the molecule is C=CC1CC(O)C(=C)C1O. The lowest BCUT2D eigenvalue weighted by molar-refractivity contribution is 0.184. The van der Waals surface area contributed by atoms with E-state index in [1.165, 1.54) is 0 Å². The summed E-state index contributed by atoms with van der Waals surface area (Å²) >= 11 is 0. The van der Waals surface area contributed by atoms with Gasteiger partial charge in [-0.25, -0.2) is 0 Å². The molecule has 0 heterocycles. The van der Waals surface area contributed by atoms with Crippen molar-refractivity contribution in [1.82, 2.24) is 0 Å². The number of hydrogen-bond donors (Lipinski definition) is 2. The molecule has 1 rings (SSSR count). The van der Waals surface area contributed by atoms with Gasteiger partial charge in [-0.3, -0.25) is 0 Å². The highest BCUT2D eigenvalue weighted by Crippen LogP contribution is 2.30. The number of hydrogen-bond acceptors (Lipinski definition) is 2. The van der Waals surface area contributed by atoms with Gasteiger partial charge in [-0.15, -0.1) is 6.58 Å². The van der Waals surface area contributed by atoms with Gasteiger partial charge < -0.3 is 10.2 Å². The Balaban J connectivity index is 2.70. The minimum absolute atomic E-state index is 0.0116. The molecule has 10 heavy (non-hydrogen) atoms. The van der Waals surface area contributed by atoms with Crippen LogP contribution in [-0.2, 0) is 0 Å². The second kappa shape index (κ2) is 2.56. The molecular weight excluding hydrogens is 128 g/mol. The molecule has 1 fully saturated rings. The molecule has 1 aliphatic rings. The fourth-order valence-corrected chi connectivity index (χ4v) is 1.24. The summed E-state index contributed by atoms with van der Waals surface area (Å²) in [5.74, 6) is -0.0116. The van der Waals surface area contributed by atoms with E-state index in [2.05, 4.69) is 13.2 Å². The minimum atomic E-state index is -0.590. The molecule has 0 aromatic heterocycles. The van der Waals surface area contributed by atoms with Crippen LogP contribution in [0.15, 0.2) is 24.8 Å². The molecule has 2 N–H and O–H groups in total. The monoisotopic (exact) mass is 140 g/mol. The smallest absolute Gasteiger partial charge is 0.0835 e. The van der Waals surface area contributed by atoms with E-state index >= 15 is 0 Å². The maximum Gasteiger partial charge on any atom is 0.0835 e. The third kappa shape index (κ3) is 1.00.